The first-order chi connectivity index (χ1) is 4.66. The van der Waals surface area contributed by atoms with E-state index in [1.165, 1.54) is 0 Å². The first-order valence-corrected chi connectivity index (χ1v) is 3.50. The Morgan fingerprint density at radius 1 is 1.70 bits per heavy atom. The summed E-state index contributed by atoms with van der Waals surface area (Å²) in [6.07, 6.45) is 2.87. The van der Waals surface area contributed by atoms with E-state index in [1.54, 1.807) is 19.0 Å². The summed E-state index contributed by atoms with van der Waals surface area (Å²) in [5.41, 5.74) is 0. The summed E-state index contributed by atoms with van der Waals surface area (Å²) in [6.45, 7) is 3.64. The zero-order valence-electron chi connectivity index (χ0n) is 6.50. The van der Waals surface area contributed by atoms with E-state index in [0.29, 0.717) is 5.92 Å². The maximum atomic E-state index is 11.2. The van der Waals surface area contributed by atoms with E-state index < -0.39 is 0 Å². The third kappa shape index (κ3) is 1.20. The maximum Gasteiger partial charge on any atom is 0.225 e. The number of carbonyl (C=O) groups is 1. The Kier molecular flexibility index (Phi) is 1.79. The van der Waals surface area contributed by atoms with Crippen molar-refractivity contribution in [2.24, 2.45) is 11.8 Å². The summed E-state index contributed by atoms with van der Waals surface area (Å²) >= 11 is 0. The standard InChI is InChI=1S/C8H13NO/c1-4-6-5-7(6)8(10)9(2)3/h4,6-7H,1,5H2,2-3H3/t6-,7-/m1/s1. The van der Waals surface area contributed by atoms with Crippen molar-refractivity contribution >= 4 is 5.91 Å². The lowest BCUT2D eigenvalue weighted by molar-refractivity contribution is -0.130. The third-order valence-corrected chi connectivity index (χ3v) is 1.90. The Labute approximate surface area is 61.5 Å². The summed E-state index contributed by atoms with van der Waals surface area (Å²) in [7, 11) is 3.58. The average Bonchev–Trinajstić information content (AvgIpc) is 2.64. The fourth-order valence-electron chi connectivity index (χ4n) is 1.09. The molecule has 1 aliphatic rings. The van der Waals surface area contributed by atoms with Crippen LogP contribution in [0, 0.1) is 11.8 Å². The number of nitrogens with zero attached hydrogens (tertiary/aromatic N) is 1. The van der Waals surface area contributed by atoms with Gasteiger partial charge in [-0.2, -0.15) is 0 Å². The molecule has 0 aromatic carbocycles. The van der Waals surface area contributed by atoms with Crippen molar-refractivity contribution in [2.75, 3.05) is 14.1 Å². The minimum absolute atomic E-state index is 0.241. The molecule has 1 saturated carbocycles. The monoisotopic (exact) mass is 139 g/mol. The minimum atomic E-state index is 0.241. The Morgan fingerprint density at radius 2 is 2.30 bits per heavy atom. The van der Waals surface area contributed by atoms with Crippen LogP contribution in [0.1, 0.15) is 6.42 Å². The van der Waals surface area contributed by atoms with Crippen LogP contribution >= 0.6 is 0 Å². The Balaban J connectivity index is 2.39. The van der Waals surface area contributed by atoms with Gasteiger partial charge in [0, 0.05) is 20.0 Å². The van der Waals surface area contributed by atoms with Crippen molar-refractivity contribution in [1.82, 2.24) is 4.90 Å². The van der Waals surface area contributed by atoms with Crippen LogP contribution in [0.5, 0.6) is 0 Å². The van der Waals surface area contributed by atoms with Gasteiger partial charge in [0.15, 0.2) is 0 Å². The van der Waals surface area contributed by atoms with Crippen LogP contribution in [0.25, 0.3) is 0 Å². The summed E-state index contributed by atoms with van der Waals surface area (Å²) in [5.74, 6) is 0.937. The molecule has 0 spiro atoms. The van der Waals surface area contributed by atoms with Crippen LogP contribution in [0.15, 0.2) is 12.7 Å². The zero-order chi connectivity index (χ0) is 7.72. The molecule has 0 radical (unpaired) electrons. The van der Waals surface area contributed by atoms with Crippen molar-refractivity contribution in [3.8, 4) is 0 Å². The van der Waals surface area contributed by atoms with Crippen LogP contribution in [0.2, 0.25) is 0 Å². The zero-order valence-corrected chi connectivity index (χ0v) is 6.50. The molecule has 0 bridgehead atoms. The highest BCUT2D eigenvalue weighted by atomic mass is 16.2. The van der Waals surface area contributed by atoms with E-state index >= 15 is 0 Å². The van der Waals surface area contributed by atoms with Crippen molar-refractivity contribution in [2.45, 2.75) is 6.42 Å². The lowest BCUT2D eigenvalue weighted by atomic mass is 10.3. The number of allylic oxidation sites excluding steroid dienone is 1. The molecule has 0 N–H and O–H groups in total. The quantitative estimate of drug-likeness (QED) is 0.520. The molecular weight excluding hydrogens is 126 g/mol. The van der Waals surface area contributed by atoms with E-state index in [1.807, 2.05) is 6.08 Å². The number of hydrogen-bond donors (Lipinski definition) is 0. The molecule has 2 nitrogen and oxygen atoms in total. The lowest BCUT2D eigenvalue weighted by Gasteiger charge is -2.08. The van der Waals surface area contributed by atoms with Crippen LogP contribution in [-0.4, -0.2) is 24.9 Å². The molecule has 1 fully saturated rings. The van der Waals surface area contributed by atoms with Gasteiger partial charge in [0.1, 0.15) is 0 Å². The fraction of sp³-hybridized carbons (Fsp3) is 0.625. The molecule has 0 saturated heterocycles. The topological polar surface area (TPSA) is 20.3 Å². The van der Waals surface area contributed by atoms with Crippen molar-refractivity contribution in [1.29, 1.82) is 0 Å². The van der Waals surface area contributed by atoms with E-state index in [0.717, 1.165) is 6.42 Å². The SMILES string of the molecule is C=C[C@@H]1C[C@H]1C(=O)N(C)C. The summed E-state index contributed by atoms with van der Waals surface area (Å²) in [5, 5.41) is 0. The van der Waals surface area contributed by atoms with E-state index in [4.69, 9.17) is 0 Å². The van der Waals surface area contributed by atoms with Crippen molar-refractivity contribution in [3.63, 3.8) is 0 Å². The molecule has 10 heavy (non-hydrogen) atoms. The molecule has 56 valence electrons. The highest BCUT2D eigenvalue weighted by Crippen LogP contribution is 2.40. The maximum absolute atomic E-state index is 11.2. The first-order valence-electron chi connectivity index (χ1n) is 3.50. The van der Waals surface area contributed by atoms with Crippen molar-refractivity contribution in [3.05, 3.63) is 12.7 Å². The second-order valence-corrected chi connectivity index (χ2v) is 2.97. The number of rotatable bonds is 2. The second kappa shape index (κ2) is 2.45. The highest BCUT2D eigenvalue weighted by molar-refractivity contribution is 5.81. The fourth-order valence-corrected chi connectivity index (χ4v) is 1.09. The normalized spacial score (nSPS) is 29.4. The van der Waals surface area contributed by atoms with Gasteiger partial charge in [0.2, 0.25) is 5.91 Å². The predicted octanol–water partition coefficient (Wildman–Crippen LogP) is 0.897. The molecule has 0 aromatic heterocycles. The molecule has 0 heterocycles. The molecule has 2 heteroatoms. The van der Waals surface area contributed by atoms with E-state index in [2.05, 4.69) is 6.58 Å². The molecule has 1 aliphatic carbocycles. The van der Waals surface area contributed by atoms with Gasteiger partial charge in [-0.15, -0.1) is 6.58 Å². The van der Waals surface area contributed by atoms with Crippen molar-refractivity contribution < 1.29 is 4.79 Å². The van der Waals surface area contributed by atoms with Gasteiger partial charge in [-0.05, 0) is 12.3 Å². The minimum Gasteiger partial charge on any atom is -0.349 e. The van der Waals surface area contributed by atoms with Gasteiger partial charge >= 0.3 is 0 Å². The predicted molar refractivity (Wildman–Crippen MR) is 40.5 cm³/mol. The van der Waals surface area contributed by atoms with Crippen LogP contribution in [0.3, 0.4) is 0 Å². The molecule has 2 atom stereocenters. The van der Waals surface area contributed by atoms with Gasteiger partial charge in [0.25, 0.3) is 0 Å². The molecule has 1 amide bonds. The van der Waals surface area contributed by atoms with Gasteiger partial charge in [0.05, 0.1) is 0 Å². The molecule has 0 aromatic rings. The Bertz CT molecular complexity index is 163. The van der Waals surface area contributed by atoms with Gasteiger partial charge in [-0.3, -0.25) is 4.79 Å². The van der Waals surface area contributed by atoms with Gasteiger partial charge < -0.3 is 4.90 Å². The molecule has 0 unspecified atom stereocenters. The van der Waals surface area contributed by atoms with E-state index in [-0.39, 0.29) is 11.8 Å². The summed E-state index contributed by atoms with van der Waals surface area (Å²) < 4.78 is 0. The van der Waals surface area contributed by atoms with Crippen LogP contribution in [-0.2, 0) is 4.79 Å². The summed E-state index contributed by atoms with van der Waals surface area (Å²) in [4.78, 5) is 12.8. The third-order valence-electron chi connectivity index (χ3n) is 1.90. The second-order valence-electron chi connectivity index (χ2n) is 2.97. The van der Waals surface area contributed by atoms with Crippen LogP contribution in [0.4, 0.5) is 0 Å². The van der Waals surface area contributed by atoms with Gasteiger partial charge in [-0.1, -0.05) is 6.08 Å². The first kappa shape index (κ1) is 7.32. The van der Waals surface area contributed by atoms with E-state index in [9.17, 15) is 4.79 Å². The number of amides is 1. The lowest BCUT2D eigenvalue weighted by Crippen LogP contribution is -2.23. The highest BCUT2D eigenvalue weighted by Gasteiger charge is 2.41. The van der Waals surface area contributed by atoms with Gasteiger partial charge in [-0.25, -0.2) is 0 Å². The summed E-state index contributed by atoms with van der Waals surface area (Å²) in [6, 6.07) is 0. The Hall–Kier alpha value is -0.790. The molecule has 0 aliphatic heterocycles. The molecule has 1 rings (SSSR count). The average molecular weight is 139 g/mol. The largest absolute Gasteiger partial charge is 0.349 e. The van der Waals surface area contributed by atoms with Crippen LogP contribution < -0.4 is 0 Å². The number of carbonyl (C=O) groups excluding carboxylic acids is 1. The smallest absolute Gasteiger partial charge is 0.225 e. The number of hydrogen-bond acceptors (Lipinski definition) is 1. The molecular formula is C8H13NO. The Morgan fingerprint density at radius 3 is 2.60 bits per heavy atom.